The zero-order valence-electron chi connectivity index (χ0n) is 11.7. The molecule has 0 saturated carbocycles. The lowest BCUT2D eigenvalue weighted by molar-refractivity contribution is 0.165. The van der Waals surface area contributed by atoms with E-state index in [0.717, 1.165) is 5.01 Å². The van der Waals surface area contributed by atoms with E-state index in [-0.39, 0.29) is 36.5 Å². The van der Waals surface area contributed by atoms with Gasteiger partial charge in [0.25, 0.3) is 0 Å². The molecule has 0 spiro atoms. The fourth-order valence-corrected chi connectivity index (χ4v) is 4.08. The summed E-state index contributed by atoms with van der Waals surface area (Å²) < 4.78 is 22.7. The molecule has 2 rings (SSSR count). The van der Waals surface area contributed by atoms with Crippen LogP contribution >= 0.6 is 11.3 Å². The summed E-state index contributed by atoms with van der Waals surface area (Å²) in [4.78, 5) is 19.8. The van der Waals surface area contributed by atoms with Crippen LogP contribution in [0, 0.1) is 0 Å². The molecule has 1 aliphatic heterocycles. The van der Waals surface area contributed by atoms with Crippen molar-refractivity contribution in [2.45, 2.75) is 12.8 Å². The number of thiazole rings is 1. The molecule has 1 unspecified atom stereocenters. The van der Waals surface area contributed by atoms with E-state index < -0.39 is 9.84 Å². The van der Waals surface area contributed by atoms with Crippen LogP contribution in [0.4, 0.5) is 4.79 Å². The van der Waals surface area contributed by atoms with Crippen molar-refractivity contribution in [3.05, 3.63) is 16.6 Å². The van der Waals surface area contributed by atoms with E-state index >= 15 is 0 Å². The number of hydrogen-bond acceptors (Lipinski definition) is 5. The Kier molecular flexibility index (Phi) is 4.64. The number of carbonyl (C=O) groups is 1. The summed E-state index contributed by atoms with van der Waals surface area (Å²) in [5, 5.41) is 2.93. The summed E-state index contributed by atoms with van der Waals surface area (Å²) in [5.74, 6) is 0.306. The Morgan fingerprint density at radius 1 is 1.50 bits per heavy atom. The Morgan fingerprint density at radius 2 is 2.15 bits per heavy atom. The fourth-order valence-electron chi connectivity index (χ4n) is 2.19. The molecule has 1 aromatic rings. The lowest BCUT2D eigenvalue weighted by Gasteiger charge is -2.31. The zero-order valence-corrected chi connectivity index (χ0v) is 13.3. The Morgan fingerprint density at radius 3 is 2.70 bits per heavy atom. The summed E-state index contributed by atoms with van der Waals surface area (Å²) in [7, 11) is -1.21. The number of urea groups is 1. The number of carbonyl (C=O) groups excluding carboxylic acids is 1. The highest BCUT2D eigenvalue weighted by molar-refractivity contribution is 7.91. The molecule has 112 valence electrons. The molecule has 1 fully saturated rings. The maximum Gasteiger partial charge on any atom is 0.319 e. The minimum atomic E-state index is -2.95. The predicted octanol–water partition coefficient (Wildman–Crippen LogP) is 1.03. The quantitative estimate of drug-likeness (QED) is 0.835. The molecule has 1 aromatic heterocycles. The molecule has 1 saturated heterocycles. The molecule has 1 atom stereocenters. The van der Waals surface area contributed by atoms with Crippen molar-refractivity contribution in [3.63, 3.8) is 0 Å². The molecule has 20 heavy (non-hydrogen) atoms. The van der Waals surface area contributed by atoms with Crippen molar-refractivity contribution in [2.24, 2.45) is 0 Å². The van der Waals surface area contributed by atoms with E-state index in [9.17, 15) is 13.2 Å². The van der Waals surface area contributed by atoms with Gasteiger partial charge in [-0.2, -0.15) is 0 Å². The summed E-state index contributed by atoms with van der Waals surface area (Å²) in [6, 6.07) is -0.108. The molecule has 2 heterocycles. The normalized spacial score (nSPS) is 19.6. The van der Waals surface area contributed by atoms with Gasteiger partial charge in [0.05, 0.1) is 16.5 Å². The van der Waals surface area contributed by atoms with Crippen molar-refractivity contribution in [1.82, 2.24) is 14.8 Å². The van der Waals surface area contributed by atoms with Gasteiger partial charge in [-0.15, -0.1) is 11.3 Å². The van der Waals surface area contributed by atoms with Gasteiger partial charge >= 0.3 is 6.03 Å². The van der Waals surface area contributed by atoms with Crippen LogP contribution < -0.4 is 0 Å². The Balaban J connectivity index is 1.89. The van der Waals surface area contributed by atoms with Crippen molar-refractivity contribution in [3.8, 4) is 0 Å². The second kappa shape index (κ2) is 6.09. The van der Waals surface area contributed by atoms with Crippen molar-refractivity contribution < 1.29 is 13.2 Å². The highest BCUT2D eigenvalue weighted by Crippen LogP contribution is 2.19. The Labute approximate surface area is 123 Å². The predicted molar refractivity (Wildman–Crippen MR) is 78.8 cm³/mol. The van der Waals surface area contributed by atoms with Gasteiger partial charge in [0.15, 0.2) is 9.84 Å². The minimum Gasteiger partial charge on any atom is -0.327 e. The highest BCUT2D eigenvalue weighted by atomic mass is 32.2. The van der Waals surface area contributed by atoms with Gasteiger partial charge in [-0.1, -0.05) is 6.92 Å². The molecule has 0 aliphatic carbocycles. The third-order valence-electron chi connectivity index (χ3n) is 3.36. The van der Waals surface area contributed by atoms with Crippen LogP contribution in [0.1, 0.15) is 17.8 Å². The van der Waals surface area contributed by atoms with E-state index in [0.29, 0.717) is 6.54 Å². The number of amides is 2. The van der Waals surface area contributed by atoms with Gasteiger partial charge in [0.2, 0.25) is 0 Å². The highest BCUT2D eigenvalue weighted by Gasteiger charge is 2.27. The fraction of sp³-hybridized carbons (Fsp3) is 0.667. The second-order valence-electron chi connectivity index (χ2n) is 5.07. The van der Waals surface area contributed by atoms with Gasteiger partial charge in [-0.3, -0.25) is 0 Å². The third kappa shape index (κ3) is 3.69. The first kappa shape index (κ1) is 15.2. The zero-order chi connectivity index (χ0) is 14.8. The van der Waals surface area contributed by atoms with Gasteiger partial charge in [-0.25, -0.2) is 18.2 Å². The first-order chi connectivity index (χ1) is 9.39. The molecular weight excluding hydrogens is 298 g/mol. The Hall–Kier alpha value is -1.15. The first-order valence-electron chi connectivity index (χ1n) is 6.49. The van der Waals surface area contributed by atoms with Gasteiger partial charge < -0.3 is 9.80 Å². The van der Waals surface area contributed by atoms with Crippen LogP contribution in [0.3, 0.4) is 0 Å². The average molecular weight is 317 g/mol. The van der Waals surface area contributed by atoms with Gasteiger partial charge in [0, 0.05) is 44.2 Å². The van der Waals surface area contributed by atoms with E-state index in [1.165, 1.54) is 0 Å². The van der Waals surface area contributed by atoms with Crippen LogP contribution in [-0.2, 0) is 9.84 Å². The van der Waals surface area contributed by atoms with Gasteiger partial charge in [-0.05, 0) is 0 Å². The van der Waals surface area contributed by atoms with Crippen LogP contribution in [0.5, 0.6) is 0 Å². The number of sulfone groups is 1. The smallest absolute Gasteiger partial charge is 0.319 e. The number of nitrogens with zero attached hydrogens (tertiary/aromatic N) is 3. The van der Waals surface area contributed by atoms with Crippen LogP contribution in [0.15, 0.2) is 11.6 Å². The number of rotatable bonds is 3. The topological polar surface area (TPSA) is 70.6 Å². The SMILES string of the molecule is CC(CN(C)C(=O)N1CCS(=O)(=O)CC1)c1nccs1. The number of aromatic nitrogens is 1. The summed E-state index contributed by atoms with van der Waals surface area (Å²) in [5.41, 5.74) is 0. The van der Waals surface area contributed by atoms with Crippen molar-refractivity contribution in [2.75, 3.05) is 38.2 Å². The number of likely N-dealkylation sites (N-methyl/N-ethyl adjacent to an activating group) is 1. The van der Waals surface area contributed by atoms with Gasteiger partial charge in [0.1, 0.15) is 0 Å². The number of hydrogen-bond donors (Lipinski definition) is 0. The molecule has 0 N–H and O–H groups in total. The van der Waals surface area contributed by atoms with Crippen LogP contribution in [0.25, 0.3) is 0 Å². The van der Waals surface area contributed by atoms with Crippen LogP contribution in [-0.4, -0.2) is 67.4 Å². The molecule has 8 heteroatoms. The molecule has 0 aromatic carbocycles. The Bertz CT molecular complexity index is 543. The lowest BCUT2D eigenvalue weighted by atomic mass is 10.2. The van der Waals surface area contributed by atoms with E-state index in [4.69, 9.17) is 0 Å². The maximum absolute atomic E-state index is 12.3. The van der Waals surface area contributed by atoms with Crippen molar-refractivity contribution in [1.29, 1.82) is 0 Å². The van der Waals surface area contributed by atoms with E-state index in [1.807, 2.05) is 12.3 Å². The standard InChI is InChI=1S/C12H19N3O3S2/c1-10(11-13-3-6-19-11)9-14(2)12(16)15-4-7-20(17,18)8-5-15/h3,6,10H,4-5,7-9H2,1-2H3. The lowest BCUT2D eigenvalue weighted by Crippen LogP contribution is -2.49. The second-order valence-corrected chi connectivity index (χ2v) is 8.30. The largest absolute Gasteiger partial charge is 0.327 e. The molecule has 2 amide bonds. The monoisotopic (exact) mass is 317 g/mol. The maximum atomic E-state index is 12.3. The minimum absolute atomic E-state index is 0.0641. The summed E-state index contributed by atoms with van der Waals surface area (Å²) >= 11 is 1.58. The first-order valence-corrected chi connectivity index (χ1v) is 9.19. The summed E-state index contributed by atoms with van der Waals surface area (Å²) in [6.45, 7) is 3.19. The molecular formula is C12H19N3O3S2. The van der Waals surface area contributed by atoms with Crippen molar-refractivity contribution >= 4 is 27.2 Å². The summed E-state index contributed by atoms with van der Waals surface area (Å²) in [6.07, 6.45) is 1.76. The van der Waals surface area contributed by atoms with E-state index in [2.05, 4.69) is 4.98 Å². The molecule has 0 radical (unpaired) electrons. The van der Waals surface area contributed by atoms with Crippen LogP contribution in [0.2, 0.25) is 0 Å². The average Bonchev–Trinajstić information content (AvgIpc) is 2.91. The van der Waals surface area contributed by atoms with E-state index in [1.54, 1.807) is 34.4 Å². The third-order valence-corrected chi connectivity index (χ3v) is 5.98. The molecule has 0 bridgehead atoms. The molecule has 1 aliphatic rings. The molecule has 6 nitrogen and oxygen atoms in total.